The van der Waals surface area contributed by atoms with Crippen LogP contribution in [-0.2, 0) is 6.54 Å². The number of piperazine rings is 1. The molecule has 1 amide bonds. The maximum absolute atomic E-state index is 12.6. The highest BCUT2D eigenvalue weighted by atomic mass is 16.5. The minimum atomic E-state index is 0.0800. The van der Waals surface area contributed by atoms with E-state index in [0.717, 1.165) is 50.0 Å². The van der Waals surface area contributed by atoms with Crippen LogP contribution in [0.3, 0.4) is 0 Å². The van der Waals surface area contributed by atoms with E-state index in [-0.39, 0.29) is 5.91 Å². The Kier molecular flexibility index (Phi) is 5.83. The maximum Gasteiger partial charge on any atom is 0.253 e. The highest BCUT2D eigenvalue weighted by molar-refractivity contribution is 5.94. The average Bonchev–Trinajstić information content (AvgIpc) is 2.68. The summed E-state index contributed by atoms with van der Waals surface area (Å²) in [5.41, 5.74) is 1.75. The summed E-state index contributed by atoms with van der Waals surface area (Å²) in [6.07, 6.45) is 1.83. The van der Waals surface area contributed by atoms with Crippen molar-refractivity contribution in [3.63, 3.8) is 0 Å². The van der Waals surface area contributed by atoms with Crippen molar-refractivity contribution in [3.05, 3.63) is 53.6 Å². The fraction of sp³-hybridized carbons (Fsp3) is 0.450. The van der Waals surface area contributed by atoms with Crippen molar-refractivity contribution in [2.75, 3.05) is 33.3 Å². The lowest BCUT2D eigenvalue weighted by Gasteiger charge is -2.34. The highest BCUT2D eigenvalue weighted by Crippen LogP contribution is 2.15. The molecule has 6 nitrogen and oxygen atoms in total. The van der Waals surface area contributed by atoms with Gasteiger partial charge >= 0.3 is 0 Å². The van der Waals surface area contributed by atoms with Crippen molar-refractivity contribution >= 4 is 5.91 Å². The standard InChI is InChI=1S/C20H26N4O2/c1-15(2)19-21-9-8-17(22-19)14-23-10-12-24(13-11-23)20(25)16-4-6-18(26-3)7-5-16/h4-9,15H,10-14H2,1-3H3. The van der Waals surface area contributed by atoms with E-state index in [2.05, 4.69) is 28.7 Å². The molecule has 0 spiro atoms. The first-order chi connectivity index (χ1) is 12.6. The van der Waals surface area contributed by atoms with Crippen molar-refractivity contribution in [3.8, 4) is 5.75 Å². The molecule has 0 bridgehead atoms. The summed E-state index contributed by atoms with van der Waals surface area (Å²) in [5, 5.41) is 0. The topological polar surface area (TPSA) is 58.6 Å². The molecule has 1 fully saturated rings. The number of carbonyl (C=O) groups excluding carboxylic acids is 1. The van der Waals surface area contributed by atoms with E-state index in [1.165, 1.54) is 0 Å². The van der Waals surface area contributed by atoms with Crippen molar-refractivity contribution in [2.45, 2.75) is 26.3 Å². The molecule has 1 aromatic carbocycles. The number of carbonyl (C=O) groups is 1. The molecule has 1 aliphatic rings. The number of hydrogen-bond acceptors (Lipinski definition) is 5. The zero-order valence-corrected chi connectivity index (χ0v) is 15.7. The molecule has 2 aromatic rings. The molecular weight excluding hydrogens is 328 g/mol. The van der Waals surface area contributed by atoms with E-state index >= 15 is 0 Å². The number of aromatic nitrogens is 2. The third-order valence-electron chi connectivity index (χ3n) is 4.63. The fourth-order valence-electron chi connectivity index (χ4n) is 3.03. The molecule has 26 heavy (non-hydrogen) atoms. The molecule has 138 valence electrons. The van der Waals surface area contributed by atoms with Gasteiger partial charge in [-0.1, -0.05) is 13.8 Å². The quantitative estimate of drug-likeness (QED) is 0.826. The van der Waals surface area contributed by atoms with E-state index < -0.39 is 0 Å². The van der Waals surface area contributed by atoms with Gasteiger partial charge in [-0.3, -0.25) is 9.69 Å². The zero-order valence-electron chi connectivity index (χ0n) is 15.7. The lowest BCUT2D eigenvalue weighted by atomic mass is 10.1. The minimum absolute atomic E-state index is 0.0800. The van der Waals surface area contributed by atoms with Crippen LogP contribution in [0.2, 0.25) is 0 Å². The second-order valence-electron chi connectivity index (χ2n) is 6.86. The van der Waals surface area contributed by atoms with Gasteiger partial charge in [-0.15, -0.1) is 0 Å². The van der Waals surface area contributed by atoms with Gasteiger partial charge in [-0.2, -0.15) is 0 Å². The first kappa shape index (κ1) is 18.3. The van der Waals surface area contributed by atoms with Crippen LogP contribution in [-0.4, -0.2) is 59.0 Å². The molecule has 1 saturated heterocycles. The second-order valence-corrected chi connectivity index (χ2v) is 6.86. The Hall–Kier alpha value is -2.47. The second kappa shape index (κ2) is 8.27. The molecule has 0 atom stereocenters. The highest BCUT2D eigenvalue weighted by Gasteiger charge is 2.22. The van der Waals surface area contributed by atoms with E-state index in [9.17, 15) is 4.79 Å². The summed E-state index contributed by atoms with van der Waals surface area (Å²) < 4.78 is 5.15. The average molecular weight is 354 g/mol. The van der Waals surface area contributed by atoms with Gasteiger partial charge in [0.15, 0.2) is 0 Å². The van der Waals surface area contributed by atoms with Gasteiger partial charge < -0.3 is 9.64 Å². The molecule has 1 aliphatic heterocycles. The number of ether oxygens (including phenoxy) is 1. The minimum Gasteiger partial charge on any atom is -0.497 e. The number of benzene rings is 1. The van der Waals surface area contributed by atoms with Gasteiger partial charge in [0.25, 0.3) is 5.91 Å². The van der Waals surface area contributed by atoms with Gasteiger partial charge in [0.2, 0.25) is 0 Å². The van der Waals surface area contributed by atoms with Gasteiger partial charge in [-0.25, -0.2) is 9.97 Å². The van der Waals surface area contributed by atoms with Crippen LogP contribution in [0.4, 0.5) is 0 Å². The SMILES string of the molecule is COc1ccc(C(=O)N2CCN(Cc3ccnc(C(C)C)n3)CC2)cc1. The van der Waals surface area contributed by atoms with Crippen molar-refractivity contribution in [1.29, 1.82) is 0 Å². The molecule has 0 unspecified atom stereocenters. The number of methoxy groups -OCH3 is 1. The van der Waals surface area contributed by atoms with Gasteiger partial charge in [0.05, 0.1) is 12.8 Å². The first-order valence-corrected chi connectivity index (χ1v) is 9.04. The lowest BCUT2D eigenvalue weighted by Crippen LogP contribution is -2.48. The predicted octanol–water partition coefficient (Wildman–Crippen LogP) is 2.57. The van der Waals surface area contributed by atoms with E-state index in [0.29, 0.717) is 11.5 Å². The molecule has 0 radical (unpaired) electrons. The van der Waals surface area contributed by atoms with Crippen LogP contribution in [0.1, 0.15) is 41.6 Å². The normalized spacial score (nSPS) is 15.3. The van der Waals surface area contributed by atoms with Crippen LogP contribution < -0.4 is 4.74 Å². The molecule has 3 rings (SSSR count). The molecule has 2 heterocycles. The van der Waals surface area contributed by atoms with E-state index in [4.69, 9.17) is 4.74 Å². The van der Waals surface area contributed by atoms with Gasteiger partial charge in [-0.05, 0) is 30.3 Å². The third kappa shape index (κ3) is 4.38. The number of nitrogens with zero attached hydrogens (tertiary/aromatic N) is 4. The smallest absolute Gasteiger partial charge is 0.253 e. The summed E-state index contributed by atoms with van der Waals surface area (Å²) in [5.74, 6) is 2.05. The van der Waals surface area contributed by atoms with Crippen LogP contribution in [0, 0.1) is 0 Å². The summed E-state index contributed by atoms with van der Waals surface area (Å²) in [4.78, 5) is 25.8. The van der Waals surface area contributed by atoms with E-state index in [1.807, 2.05) is 41.4 Å². The molecular formula is C20H26N4O2. The van der Waals surface area contributed by atoms with Crippen LogP contribution in [0.5, 0.6) is 5.75 Å². The largest absolute Gasteiger partial charge is 0.497 e. The Bertz CT molecular complexity index is 738. The summed E-state index contributed by atoms with van der Waals surface area (Å²) >= 11 is 0. The molecule has 6 heteroatoms. The number of hydrogen-bond donors (Lipinski definition) is 0. The third-order valence-corrected chi connectivity index (χ3v) is 4.63. The van der Waals surface area contributed by atoms with E-state index in [1.54, 1.807) is 7.11 Å². The van der Waals surface area contributed by atoms with Crippen LogP contribution in [0.15, 0.2) is 36.5 Å². The summed E-state index contributed by atoms with van der Waals surface area (Å²) in [6.45, 7) is 8.16. The molecule has 0 N–H and O–H groups in total. The Balaban J connectivity index is 1.55. The van der Waals surface area contributed by atoms with Crippen molar-refractivity contribution in [2.24, 2.45) is 0 Å². The van der Waals surface area contributed by atoms with Crippen LogP contribution >= 0.6 is 0 Å². The Morgan fingerprint density at radius 3 is 2.42 bits per heavy atom. The van der Waals surface area contributed by atoms with Gasteiger partial charge in [0.1, 0.15) is 11.6 Å². The Labute approximate surface area is 154 Å². The predicted molar refractivity (Wildman–Crippen MR) is 100 cm³/mol. The van der Waals surface area contributed by atoms with Gasteiger partial charge in [0, 0.05) is 50.4 Å². The molecule has 1 aromatic heterocycles. The van der Waals surface area contributed by atoms with Crippen LogP contribution in [0.25, 0.3) is 0 Å². The monoisotopic (exact) mass is 354 g/mol. The Morgan fingerprint density at radius 1 is 1.12 bits per heavy atom. The molecule has 0 aliphatic carbocycles. The lowest BCUT2D eigenvalue weighted by molar-refractivity contribution is 0.0627. The first-order valence-electron chi connectivity index (χ1n) is 9.04. The Morgan fingerprint density at radius 2 is 1.81 bits per heavy atom. The van der Waals surface area contributed by atoms with Crippen molar-refractivity contribution in [1.82, 2.24) is 19.8 Å². The molecule has 0 saturated carbocycles. The zero-order chi connectivity index (χ0) is 18.5. The maximum atomic E-state index is 12.6. The number of rotatable bonds is 5. The summed E-state index contributed by atoms with van der Waals surface area (Å²) in [6, 6.07) is 9.26. The summed E-state index contributed by atoms with van der Waals surface area (Å²) in [7, 11) is 1.62. The van der Waals surface area contributed by atoms with Crippen molar-refractivity contribution < 1.29 is 9.53 Å². The fourth-order valence-corrected chi connectivity index (χ4v) is 3.03. The number of amides is 1.